The summed E-state index contributed by atoms with van der Waals surface area (Å²) in [5, 5.41) is 0. The van der Waals surface area contributed by atoms with E-state index in [-0.39, 0.29) is 25.3 Å². The van der Waals surface area contributed by atoms with Gasteiger partial charge in [0.15, 0.2) is 0 Å². The topological polar surface area (TPSA) is 55.6 Å². The lowest BCUT2D eigenvalue weighted by Gasteiger charge is -2.20. The molecule has 3 aromatic carbocycles. The molecule has 1 aliphatic rings. The molecule has 0 bridgehead atoms. The second-order valence-electron chi connectivity index (χ2n) is 7.66. The number of benzene rings is 3. The summed E-state index contributed by atoms with van der Waals surface area (Å²) in [5.74, 6) is -1.43. The molecule has 0 unspecified atom stereocenters. The predicted octanol–water partition coefficient (Wildman–Crippen LogP) is 5.44. The highest BCUT2D eigenvalue weighted by Crippen LogP contribution is 2.33. The van der Waals surface area contributed by atoms with Crippen LogP contribution in [0.5, 0.6) is 5.75 Å². The average Bonchev–Trinajstić information content (AvgIpc) is 2.96. The largest absolute Gasteiger partial charge is 0.491 e. The zero-order chi connectivity index (χ0) is 23.0. The number of alkyl halides is 3. The number of carbonyl (C=O) groups excluding carboxylic acids is 1. The van der Waals surface area contributed by atoms with Gasteiger partial charge >= 0.3 is 6.18 Å². The molecule has 0 spiro atoms. The Morgan fingerprint density at radius 2 is 1.75 bits per heavy atom. The lowest BCUT2D eigenvalue weighted by molar-refractivity contribution is -0.140. The van der Waals surface area contributed by atoms with Gasteiger partial charge in [-0.3, -0.25) is 4.79 Å². The van der Waals surface area contributed by atoms with Crippen molar-refractivity contribution in [1.29, 1.82) is 0 Å². The number of amides is 1. The quantitative estimate of drug-likeness (QED) is 0.423. The van der Waals surface area contributed by atoms with E-state index in [1.807, 2.05) is 43.3 Å². The number of hydrogen-bond acceptors (Lipinski definition) is 3. The fourth-order valence-corrected chi connectivity index (χ4v) is 3.63. The highest BCUT2D eigenvalue weighted by Gasteiger charge is 2.34. The van der Waals surface area contributed by atoms with E-state index < -0.39 is 23.5 Å². The van der Waals surface area contributed by atoms with E-state index in [0.717, 1.165) is 28.3 Å². The summed E-state index contributed by atoms with van der Waals surface area (Å²) in [4.78, 5) is 14.4. The maximum atomic E-state index is 14.0. The number of nitrogens with zero attached hydrogens (tertiary/aromatic N) is 1. The Bertz CT molecular complexity index is 1190. The highest BCUT2D eigenvalue weighted by atomic mass is 19.4. The molecule has 1 heterocycles. The number of fused-ring (bicyclic) bond motifs is 1. The van der Waals surface area contributed by atoms with Gasteiger partial charge < -0.3 is 15.4 Å². The van der Waals surface area contributed by atoms with E-state index in [2.05, 4.69) is 0 Å². The van der Waals surface area contributed by atoms with Crippen molar-refractivity contribution in [2.75, 3.05) is 18.9 Å². The Balaban J connectivity index is 1.62. The van der Waals surface area contributed by atoms with Gasteiger partial charge in [0, 0.05) is 23.4 Å². The molecule has 32 heavy (non-hydrogen) atoms. The minimum Gasteiger partial charge on any atom is -0.491 e. The van der Waals surface area contributed by atoms with Crippen molar-refractivity contribution in [3.05, 3.63) is 82.7 Å². The Morgan fingerprint density at radius 1 is 1.03 bits per heavy atom. The molecule has 0 radical (unpaired) electrons. The Kier molecular flexibility index (Phi) is 5.54. The number of aryl methyl sites for hydroxylation is 1. The van der Waals surface area contributed by atoms with Gasteiger partial charge in [0.25, 0.3) is 5.91 Å². The van der Waals surface area contributed by atoms with Crippen LogP contribution in [-0.2, 0) is 12.7 Å². The molecule has 4 rings (SSSR count). The van der Waals surface area contributed by atoms with Crippen LogP contribution >= 0.6 is 0 Å². The average molecular weight is 444 g/mol. The lowest BCUT2D eigenvalue weighted by atomic mass is 10.00. The zero-order valence-electron chi connectivity index (χ0n) is 17.2. The third kappa shape index (κ3) is 4.26. The Morgan fingerprint density at radius 3 is 2.44 bits per heavy atom. The summed E-state index contributed by atoms with van der Waals surface area (Å²) in [5.41, 5.74) is 8.62. The minimum atomic E-state index is -4.82. The maximum Gasteiger partial charge on any atom is 0.419 e. The van der Waals surface area contributed by atoms with Gasteiger partial charge in [0.2, 0.25) is 0 Å². The standard InChI is InChI=1S/C24H20F4N2O2/c1-14-2-3-16(12-21(14)29)15-5-7-22-18(10-15)13-30(8-9-32-22)23(31)17-4-6-19(20(25)11-17)24(26,27)28/h2-7,10-12H,8-9,13,29H2,1H3. The highest BCUT2D eigenvalue weighted by molar-refractivity contribution is 5.94. The monoisotopic (exact) mass is 444 g/mol. The second-order valence-corrected chi connectivity index (χ2v) is 7.66. The molecule has 0 atom stereocenters. The van der Waals surface area contributed by atoms with E-state index in [4.69, 9.17) is 10.5 Å². The summed E-state index contributed by atoms with van der Waals surface area (Å²) in [6.07, 6.45) is -4.82. The molecule has 166 valence electrons. The van der Waals surface area contributed by atoms with Crippen molar-refractivity contribution in [3.63, 3.8) is 0 Å². The van der Waals surface area contributed by atoms with Crippen LogP contribution in [0.4, 0.5) is 23.2 Å². The van der Waals surface area contributed by atoms with E-state index in [9.17, 15) is 22.4 Å². The van der Waals surface area contributed by atoms with Crippen molar-refractivity contribution in [3.8, 4) is 16.9 Å². The molecule has 0 saturated heterocycles. The smallest absolute Gasteiger partial charge is 0.419 e. The summed E-state index contributed by atoms with van der Waals surface area (Å²) in [7, 11) is 0. The normalized spacial score (nSPS) is 13.8. The first-order chi connectivity index (χ1) is 15.1. The fraction of sp³-hybridized carbons (Fsp3) is 0.208. The van der Waals surface area contributed by atoms with Crippen molar-refractivity contribution in [2.45, 2.75) is 19.6 Å². The van der Waals surface area contributed by atoms with Crippen molar-refractivity contribution in [1.82, 2.24) is 4.90 Å². The minimum absolute atomic E-state index is 0.151. The summed E-state index contributed by atoms with van der Waals surface area (Å²) in [6, 6.07) is 13.5. The molecule has 0 fully saturated rings. The summed E-state index contributed by atoms with van der Waals surface area (Å²) >= 11 is 0. The molecule has 2 N–H and O–H groups in total. The van der Waals surface area contributed by atoms with Crippen molar-refractivity contribution < 1.29 is 27.1 Å². The molecular formula is C24H20F4N2O2. The van der Waals surface area contributed by atoms with Gasteiger partial charge in [-0.1, -0.05) is 18.2 Å². The number of halogens is 4. The molecule has 1 aliphatic heterocycles. The number of carbonyl (C=O) groups is 1. The van der Waals surface area contributed by atoms with Crippen LogP contribution in [0.2, 0.25) is 0 Å². The predicted molar refractivity (Wildman–Crippen MR) is 113 cm³/mol. The Labute approximate surface area is 182 Å². The zero-order valence-corrected chi connectivity index (χ0v) is 17.2. The van der Waals surface area contributed by atoms with Crippen LogP contribution in [0.25, 0.3) is 11.1 Å². The first-order valence-electron chi connectivity index (χ1n) is 9.92. The molecule has 1 amide bonds. The molecule has 4 nitrogen and oxygen atoms in total. The lowest BCUT2D eigenvalue weighted by Crippen LogP contribution is -2.32. The number of anilines is 1. The van der Waals surface area contributed by atoms with Crippen molar-refractivity contribution in [2.24, 2.45) is 0 Å². The molecule has 0 aliphatic carbocycles. The van der Waals surface area contributed by atoms with Gasteiger partial charge in [-0.05, 0) is 60.0 Å². The van der Waals surface area contributed by atoms with Gasteiger partial charge in [-0.15, -0.1) is 0 Å². The summed E-state index contributed by atoms with van der Waals surface area (Å²) < 4.78 is 58.2. The SMILES string of the molecule is Cc1ccc(-c2ccc3c(c2)CN(C(=O)c2ccc(C(F)(F)F)c(F)c2)CCO3)cc1N. The van der Waals surface area contributed by atoms with E-state index in [1.165, 1.54) is 4.90 Å². The third-order valence-corrected chi connectivity index (χ3v) is 5.46. The second kappa shape index (κ2) is 8.18. The first kappa shape index (κ1) is 21.7. The maximum absolute atomic E-state index is 14.0. The number of ether oxygens (including phenoxy) is 1. The van der Waals surface area contributed by atoms with E-state index >= 15 is 0 Å². The number of nitrogen functional groups attached to an aromatic ring is 1. The third-order valence-electron chi connectivity index (χ3n) is 5.46. The number of nitrogens with two attached hydrogens (primary N) is 1. The number of hydrogen-bond donors (Lipinski definition) is 1. The van der Waals surface area contributed by atoms with Gasteiger partial charge in [0.05, 0.1) is 12.1 Å². The van der Waals surface area contributed by atoms with Gasteiger partial charge in [0.1, 0.15) is 18.2 Å². The molecule has 3 aromatic rings. The summed E-state index contributed by atoms with van der Waals surface area (Å²) in [6.45, 7) is 2.51. The van der Waals surface area contributed by atoms with Crippen LogP contribution in [0.15, 0.2) is 54.6 Å². The molecule has 8 heteroatoms. The van der Waals surface area contributed by atoms with Crippen molar-refractivity contribution >= 4 is 11.6 Å². The molecular weight excluding hydrogens is 424 g/mol. The van der Waals surface area contributed by atoms with Crippen LogP contribution in [-0.4, -0.2) is 24.0 Å². The van der Waals surface area contributed by atoms with Crippen LogP contribution in [0.1, 0.15) is 27.0 Å². The molecule has 0 saturated carbocycles. The van der Waals surface area contributed by atoms with Crippen LogP contribution in [0, 0.1) is 12.7 Å². The van der Waals surface area contributed by atoms with Gasteiger partial charge in [-0.25, -0.2) is 4.39 Å². The van der Waals surface area contributed by atoms with Gasteiger partial charge in [-0.2, -0.15) is 13.2 Å². The van der Waals surface area contributed by atoms with Crippen LogP contribution < -0.4 is 10.5 Å². The van der Waals surface area contributed by atoms with Crippen LogP contribution in [0.3, 0.4) is 0 Å². The fourth-order valence-electron chi connectivity index (χ4n) is 3.63. The molecule has 0 aromatic heterocycles. The van der Waals surface area contributed by atoms with E-state index in [1.54, 1.807) is 0 Å². The number of rotatable bonds is 2. The first-order valence-corrected chi connectivity index (χ1v) is 9.92. The van der Waals surface area contributed by atoms with E-state index in [0.29, 0.717) is 23.6 Å². The Hall–Kier alpha value is -3.55.